The van der Waals surface area contributed by atoms with Gasteiger partial charge in [0.1, 0.15) is 0 Å². The minimum Gasteiger partial charge on any atom is -0.378 e. The number of nitrogens with two attached hydrogens (primary N) is 1. The van der Waals surface area contributed by atoms with Gasteiger partial charge < -0.3 is 15.4 Å². The Morgan fingerprint density at radius 1 is 1.21 bits per heavy atom. The van der Waals surface area contributed by atoms with Gasteiger partial charge in [-0.25, -0.2) is 0 Å². The number of carbonyl (C=O) groups excluding carboxylic acids is 1. The van der Waals surface area contributed by atoms with Crippen molar-refractivity contribution in [3.63, 3.8) is 0 Å². The van der Waals surface area contributed by atoms with Crippen LogP contribution in [0.3, 0.4) is 0 Å². The molecular formula is C15H28N2O2. The molecule has 0 aromatic rings. The maximum Gasteiger partial charge on any atom is 0.225 e. The second-order valence-corrected chi connectivity index (χ2v) is 6.04. The summed E-state index contributed by atoms with van der Waals surface area (Å²) in [6.07, 6.45) is 8.80. The normalized spacial score (nSPS) is 32.0. The third kappa shape index (κ3) is 3.93. The molecule has 0 radical (unpaired) electrons. The number of hydrogen-bond acceptors (Lipinski definition) is 3. The molecular weight excluding hydrogens is 240 g/mol. The Balaban J connectivity index is 1.86. The lowest BCUT2D eigenvalue weighted by Gasteiger charge is -2.38. The van der Waals surface area contributed by atoms with Crippen molar-refractivity contribution in [1.29, 1.82) is 0 Å². The number of hydrogen-bond donors (Lipinski definition) is 1. The van der Waals surface area contributed by atoms with Crippen LogP contribution < -0.4 is 5.73 Å². The summed E-state index contributed by atoms with van der Waals surface area (Å²) in [7, 11) is 1.95. The molecule has 1 amide bonds. The molecule has 3 atom stereocenters. The van der Waals surface area contributed by atoms with Crippen molar-refractivity contribution in [2.45, 2.75) is 63.5 Å². The predicted octanol–water partition coefficient (Wildman–Crippen LogP) is 1.92. The monoisotopic (exact) mass is 268 g/mol. The van der Waals surface area contributed by atoms with Crippen LogP contribution in [0.2, 0.25) is 0 Å². The summed E-state index contributed by atoms with van der Waals surface area (Å²) < 4.78 is 5.67. The molecule has 4 nitrogen and oxygen atoms in total. The first kappa shape index (κ1) is 14.8. The van der Waals surface area contributed by atoms with Crippen LogP contribution in [0.15, 0.2) is 0 Å². The van der Waals surface area contributed by atoms with E-state index in [1.165, 1.54) is 25.7 Å². The average Bonchev–Trinajstić information content (AvgIpc) is 2.47. The van der Waals surface area contributed by atoms with Gasteiger partial charge in [-0.3, -0.25) is 4.79 Å². The molecule has 1 aliphatic heterocycles. The number of nitrogens with zero attached hydrogens (tertiary/aromatic N) is 1. The van der Waals surface area contributed by atoms with E-state index in [9.17, 15) is 4.79 Å². The highest BCUT2D eigenvalue weighted by atomic mass is 16.5. The minimum absolute atomic E-state index is 0.142. The van der Waals surface area contributed by atoms with Crippen LogP contribution in [0.5, 0.6) is 0 Å². The summed E-state index contributed by atoms with van der Waals surface area (Å²) in [6, 6.07) is 0.342. The van der Waals surface area contributed by atoms with E-state index < -0.39 is 0 Å². The first-order valence-corrected chi connectivity index (χ1v) is 7.79. The van der Waals surface area contributed by atoms with Crippen LogP contribution in [-0.4, -0.2) is 43.2 Å². The Kier molecular flexibility index (Phi) is 5.64. The molecule has 19 heavy (non-hydrogen) atoms. The van der Waals surface area contributed by atoms with Crippen LogP contribution in [0.25, 0.3) is 0 Å². The zero-order chi connectivity index (χ0) is 13.7. The fourth-order valence-corrected chi connectivity index (χ4v) is 3.47. The van der Waals surface area contributed by atoms with Crippen LogP contribution >= 0.6 is 0 Å². The summed E-state index contributed by atoms with van der Waals surface area (Å²) in [6.45, 7) is 1.51. The van der Waals surface area contributed by atoms with E-state index in [0.29, 0.717) is 24.9 Å². The Hall–Kier alpha value is -0.610. The van der Waals surface area contributed by atoms with Crippen molar-refractivity contribution in [3.05, 3.63) is 0 Å². The number of carbonyl (C=O) groups is 1. The Bertz CT molecular complexity index is 290. The highest BCUT2D eigenvalue weighted by Crippen LogP contribution is 2.28. The van der Waals surface area contributed by atoms with Crippen LogP contribution in [0.4, 0.5) is 0 Å². The van der Waals surface area contributed by atoms with Gasteiger partial charge >= 0.3 is 0 Å². The highest BCUT2D eigenvalue weighted by Gasteiger charge is 2.31. The molecule has 1 saturated carbocycles. The van der Waals surface area contributed by atoms with Crippen LogP contribution in [0, 0.1) is 5.92 Å². The third-order valence-electron chi connectivity index (χ3n) is 4.74. The Morgan fingerprint density at radius 3 is 2.63 bits per heavy atom. The Morgan fingerprint density at radius 2 is 1.95 bits per heavy atom. The second kappa shape index (κ2) is 7.25. The largest absolute Gasteiger partial charge is 0.378 e. The zero-order valence-electron chi connectivity index (χ0n) is 12.1. The van der Waals surface area contributed by atoms with E-state index in [1.807, 2.05) is 11.9 Å². The smallest absolute Gasteiger partial charge is 0.225 e. The van der Waals surface area contributed by atoms with Gasteiger partial charge in [0, 0.05) is 19.7 Å². The molecule has 2 N–H and O–H groups in total. The maximum atomic E-state index is 12.4. The van der Waals surface area contributed by atoms with Gasteiger partial charge in [-0.15, -0.1) is 0 Å². The molecule has 2 rings (SSSR count). The number of rotatable bonds is 4. The van der Waals surface area contributed by atoms with E-state index in [0.717, 1.165) is 25.9 Å². The summed E-state index contributed by atoms with van der Waals surface area (Å²) in [5.74, 6) is 0.715. The lowest BCUT2D eigenvalue weighted by atomic mass is 9.83. The van der Waals surface area contributed by atoms with Gasteiger partial charge in [0.25, 0.3) is 0 Å². The van der Waals surface area contributed by atoms with Crippen LogP contribution in [0.1, 0.15) is 51.4 Å². The standard InChI is InChI=1S/C15H28N2O2/c1-17(14-8-3-2-6-12(14)11-16)15(18)10-13-7-4-5-9-19-13/h12-14H,2-11,16H2,1H3. The van der Waals surface area contributed by atoms with E-state index in [-0.39, 0.29) is 12.0 Å². The van der Waals surface area contributed by atoms with Gasteiger partial charge in [0.15, 0.2) is 0 Å². The summed E-state index contributed by atoms with van der Waals surface area (Å²) in [4.78, 5) is 14.3. The van der Waals surface area contributed by atoms with Gasteiger partial charge in [-0.2, -0.15) is 0 Å². The average molecular weight is 268 g/mol. The SMILES string of the molecule is CN(C(=O)CC1CCCCO1)C1CCCCC1CN. The summed E-state index contributed by atoms with van der Waals surface area (Å²) >= 11 is 0. The quantitative estimate of drug-likeness (QED) is 0.847. The maximum absolute atomic E-state index is 12.4. The fraction of sp³-hybridized carbons (Fsp3) is 0.933. The van der Waals surface area contributed by atoms with Crippen molar-refractivity contribution in [1.82, 2.24) is 4.90 Å². The van der Waals surface area contributed by atoms with E-state index in [4.69, 9.17) is 10.5 Å². The summed E-state index contributed by atoms with van der Waals surface area (Å²) in [5, 5.41) is 0. The van der Waals surface area contributed by atoms with Crippen molar-refractivity contribution in [3.8, 4) is 0 Å². The molecule has 4 heteroatoms. The molecule has 0 bridgehead atoms. The third-order valence-corrected chi connectivity index (χ3v) is 4.74. The molecule has 1 heterocycles. The number of ether oxygens (including phenoxy) is 1. The highest BCUT2D eigenvalue weighted by molar-refractivity contribution is 5.76. The topological polar surface area (TPSA) is 55.6 Å². The van der Waals surface area contributed by atoms with Crippen molar-refractivity contribution in [2.24, 2.45) is 11.7 Å². The van der Waals surface area contributed by atoms with Gasteiger partial charge in [0.05, 0.1) is 12.5 Å². The van der Waals surface area contributed by atoms with E-state index in [2.05, 4.69) is 0 Å². The summed E-state index contributed by atoms with van der Waals surface area (Å²) in [5.41, 5.74) is 5.85. The molecule has 0 aromatic heterocycles. The molecule has 1 saturated heterocycles. The second-order valence-electron chi connectivity index (χ2n) is 6.04. The van der Waals surface area contributed by atoms with Crippen molar-refractivity contribution >= 4 is 5.91 Å². The molecule has 0 spiro atoms. The first-order valence-electron chi connectivity index (χ1n) is 7.79. The van der Waals surface area contributed by atoms with Crippen molar-refractivity contribution in [2.75, 3.05) is 20.2 Å². The molecule has 2 aliphatic rings. The van der Waals surface area contributed by atoms with Gasteiger partial charge in [-0.05, 0) is 44.6 Å². The zero-order valence-corrected chi connectivity index (χ0v) is 12.1. The molecule has 1 aliphatic carbocycles. The van der Waals surface area contributed by atoms with Crippen molar-refractivity contribution < 1.29 is 9.53 Å². The lowest BCUT2D eigenvalue weighted by molar-refractivity contribution is -0.137. The van der Waals surface area contributed by atoms with Crippen LogP contribution in [-0.2, 0) is 9.53 Å². The minimum atomic E-state index is 0.142. The molecule has 2 fully saturated rings. The molecule has 3 unspecified atom stereocenters. The van der Waals surface area contributed by atoms with Gasteiger partial charge in [-0.1, -0.05) is 12.8 Å². The Labute approximate surface area is 116 Å². The molecule has 110 valence electrons. The number of amides is 1. The fourth-order valence-electron chi connectivity index (χ4n) is 3.47. The van der Waals surface area contributed by atoms with Gasteiger partial charge in [0.2, 0.25) is 5.91 Å². The van der Waals surface area contributed by atoms with E-state index >= 15 is 0 Å². The van der Waals surface area contributed by atoms with E-state index in [1.54, 1.807) is 0 Å². The predicted molar refractivity (Wildman–Crippen MR) is 75.8 cm³/mol. The lowest BCUT2D eigenvalue weighted by Crippen LogP contribution is -2.46. The molecule has 0 aromatic carbocycles. The first-order chi connectivity index (χ1) is 9.22.